The summed E-state index contributed by atoms with van der Waals surface area (Å²) in [4.78, 5) is 3.85. The van der Waals surface area contributed by atoms with Crippen LogP contribution in [-0.4, -0.2) is 19.4 Å². The molecule has 0 radical (unpaired) electrons. The minimum absolute atomic E-state index is 0.822. The zero-order valence-electron chi connectivity index (χ0n) is 6.90. The van der Waals surface area contributed by atoms with E-state index in [1.807, 2.05) is 30.3 Å². The van der Waals surface area contributed by atoms with Crippen molar-refractivity contribution in [3.63, 3.8) is 0 Å². The van der Waals surface area contributed by atoms with Crippen molar-refractivity contribution in [2.45, 2.75) is 0 Å². The first kappa shape index (κ1) is 8.59. The van der Waals surface area contributed by atoms with Gasteiger partial charge in [0.05, 0.1) is 12.9 Å². The van der Waals surface area contributed by atoms with Gasteiger partial charge in [-0.2, -0.15) is 0 Å². The molecule has 64 valence electrons. The fraction of sp³-hybridized carbons (Fsp3) is 0.222. The number of nitrogens with one attached hydrogen (secondary N) is 1. The maximum atomic E-state index is 5.36. The zero-order valence-corrected chi connectivity index (χ0v) is 6.90. The molecule has 0 saturated carbocycles. The minimum atomic E-state index is 0.822. The Morgan fingerprint density at radius 3 is 2.25 bits per heavy atom. The van der Waals surface area contributed by atoms with Gasteiger partial charge in [-0.3, -0.25) is 4.99 Å². The molecular weight excluding hydrogens is 150 g/mol. The van der Waals surface area contributed by atoms with Crippen LogP contribution in [0.1, 0.15) is 0 Å². The molecule has 0 amide bonds. The predicted octanol–water partition coefficient (Wildman–Crippen LogP) is 0.887. The first-order valence-corrected chi connectivity index (χ1v) is 3.92. The van der Waals surface area contributed by atoms with Crippen molar-refractivity contribution in [1.82, 2.24) is 5.32 Å². The van der Waals surface area contributed by atoms with Crippen molar-refractivity contribution in [2.24, 2.45) is 4.99 Å². The molecule has 0 atom stereocenters. The fourth-order valence-electron chi connectivity index (χ4n) is 0.776. The number of nitrogens with zero attached hydrogens (tertiary/aromatic N) is 1. The average Bonchev–Trinajstić information content (AvgIpc) is 2.62. The van der Waals surface area contributed by atoms with E-state index < -0.39 is 0 Å². The molecule has 3 N–H and O–H groups in total. The SMILES string of the molecule is C1=NCCN1.Nc1ccccc1. The third kappa shape index (κ3) is 3.61. The molecule has 3 heteroatoms. The number of benzene rings is 1. The van der Waals surface area contributed by atoms with Crippen molar-refractivity contribution < 1.29 is 0 Å². The summed E-state index contributed by atoms with van der Waals surface area (Å²) in [5.41, 5.74) is 6.18. The Morgan fingerprint density at radius 2 is 2.00 bits per heavy atom. The van der Waals surface area contributed by atoms with Gasteiger partial charge in [0, 0.05) is 12.2 Å². The van der Waals surface area contributed by atoms with Crippen LogP contribution in [-0.2, 0) is 0 Å². The lowest BCUT2D eigenvalue weighted by Crippen LogP contribution is -2.04. The quantitative estimate of drug-likeness (QED) is 0.558. The summed E-state index contributed by atoms with van der Waals surface area (Å²) in [5, 5.41) is 2.93. The molecule has 0 aliphatic carbocycles. The Balaban J connectivity index is 0.000000127. The van der Waals surface area contributed by atoms with Crippen LogP contribution in [0.25, 0.3) is 0 Å². The lowest BCUT2D eigenvalue weighted by molar-refractivity contribution is 0.965. The summed E-state index contributed by atoms with van der Waals surface area (Å²) in [6, 6.07) is 9.49. The van der Waals surface area contributed by atoms with Gasteiger partial charge in [0.25, 0.3) is 0 Å². The Bertz CT molecular complexity index is 225. The Labute approximate surface area is 72.3 Å². The molecule has 1 aromatic rings. The van der Waals surface area contributed by atoms with Gasteiger partial charge in [0.15, 0.2) is 0 Å². The number of anilines is 1. The van der Waals surface area contributed by atoms with E-state index in [-0.39, 0.29) is 0 Å². The summed E-state index contributed by atoms with van der Waals surface area (Å²) in [5.74, 6) is 0. The molecule has 1 heterocycles. The van der Waals surface area contributed by atoms with Crippen molar-refractivity contribution in [3.05, 3.63) is 30.3 Å². The van der Waals surface area contributed by atoms with Crippen LogP contribution in [0.4, 0.5) is 5.69 Å². The standard InChI is InChI=1S/C6H7N.C3H6N2/c7-6-4-2-1-3-5-6;1-2-5-3-4-1/h1-5H,7H2;3H,1-2H2,(H,4,5). The van der Waals surface area contributed by atoms with Crippen LogP contribution >= 0.6 is 0 Å². The molecule has 0 saturated heterocycles. The lowest BCUT2D eigenvalue weighted by Gasteiger charge is -1.83. The van der Waals surface area contributed by atoms with Gasteiger partial charge >= 0.3 is 0 Å². The lowest BCUT2D eigenvalue weighted by atomic mass is 10.3. The summed E-state index contributed by atoms with van der Waals surface area (Å²) in [6.45, 7) is 1.99. The zero-order chi connectivity index (χ0) is 8.65. The van der Waals surface area contributed by atoms with E-state index in [4.69, 9.17) is 5.73 Å². The summed E-state index contributed by atoms with van der Waals surface area (Å²) >= 11 is 0. The first-order chi connectivity index (χ1) is 5.89. The van der Waals surface area contributed by atoms with Crippen molar-refractivity contribution >= 4 is 12.0 Å². The summed E-state index contributed by atoms with van der Waals surface area (Å²) in [6.07, 6.45) is 1.74. The molecule has 0 unspecified atom stereocenters. The van der Waals surface area contributed by atoms with Gasteiger partial charge in [-0.25, -0.2) is 0 Å². The van der Waals surface area contributed by atoms with E-state index in [1.54, 1.807) is 6.34 Å². The molecule has 2 rings (SSSR count). The van der Waals surface area contributed by atoms with Crippen LogP contribution in [0.15, 0.2) is 35.3 Å². The van der Waals surface area contributed by atoms with E-state index in [1.165, 1.54) is 0 Å². The normalized spacial score (nSPS) is 13.0. The third-order valence-electron chi connectivity index (χ3n) is 1.37. The number of nitrogen functional groups attached to an aromatic ring is 1. The number of hydrogen-bond acceptors (Lipinski definition) is 3. The number of aliphatic imine (C=N–C) groups is 1. The molecule has 0 spiro atoms. The van der Waals surface area contributed by atoms with Gasteiger partial charge < -0.3 is 11.1 Å². The number of para-hydroxylation sites is 1. The van der Waals surface area contributed by atoms with E-state index in [9.17, 15) is 0 Å². The Kier molecular flexibility index (Phi) is 3.71. The number of hydrogen-bond donors (Lipinski definition) is 2. The number of nitrogens with two attached hydrogens (primary N) is 1. The van der Waals surface area contributed by atoms with Crippen LogP contribution in [0.5, 0.6) is 0 Å². The highest BCUT2D eigenvalue weighted by Crippen LogP contribution is 1.95. The van der Waals surface area contributed by atoms with Crippen LogP contribution < -0.4 is 11.1 Å². The highest BCUT2D eigenvalue weighted by atomic mass is 15.0. The van der Waals surface area contributed by atoms with Crippen molar-refractivity contribution in [2.75, 3.05) is 18.8 Å². The number of rotatable bonds is 0. The Morgan fingerprint density at radius 1 is 1.25 bits per heavy atom. The van der Waals surface area contributed by atoms with Gasteiger partial charge in [-0.1, -0.05) is 18.2 Å². The van der Waals surface area contributed by atoms with Gasteiger partial charge in [-0.05, 0) is 12.1 Å². The van der Waals surface area contributed by atoms with E-state index in [2.05, 4.69) is 10.3 Å². The molecule has 0 aromatic heterocycles. The highest BCUT2D eigenvalue weighted by Gasteiger charge is 1.82. The molecule has 0 bridgehead atoms. The molecule has 0 fully saturated rings. The topological polar surface area (TPSA) is 50.4 Å². The second kappa shape index (κ2) is 5.18. The van der Waals surface area contributed by atoms with Gasteiger partial charge in [0.2, 0.25) is 0 Å². The molecular formula is C9H13N3. The van der Waals surface area contributed by atoms with E-state index >= 15 is 0 Å². The molecule has 1 aromatic carbocycles. The van der Waals surface area contributed by atoms with Gasteiger partial charge in [0.1, 0.15) is 0 Å². The molecule has 3 nitrogen and oxygen atoms in total. The summed E-state index contributed by atoms with van der Waals surface area (Å²) in [7, 11) is 0. The van der Waals surface area contributed by atoms with Crippen LogP contribution in [0.3, 0.4) is 0 Å². The third-order valence-corrected chi connectivity index (χ3v) is 1.37. The largest absolute Gasteiger partial charge is 0.399 e. The average molecular weight is 163 g/mol. The minimum Gasteiger partial charge on any atom is -0.399 e. The maximum Gasteiger partial charge on any atom is 0.0825 e. The van der Waals surface area contributed by atoms with Crippen molar-refractivity contribution in [3.8, 4) is 0 Å². The van der Waals surface area contributed by atoms with Crippen LogP contribution in [0.2, 0.25) is 0 Å². The van der Waals surface area contributed by atoms with E-state index in [0.717, 1.165) is 18.8 Å². The molecule has 1 aliphatic rings. The van der Waals surface area contributed by atoms with Gasteiger partial charge in [-0.15, -0.1) is 0 Å². The second-order valence-electron chi connectivity index (χ2n) is 2.40. The molecule has 1 aliphatic heterocycles. The Hall–Kier alpha value is -1.51. The predicted molar refractivity (Wildman–Crippen MR) is 52.2 cm³/mol. The van der Waals surface area contributed by atoms with Crippen molar-refractivity contribution in [1.29, 1.82) is 0 Å². The van der Waals surface area contributed by atoms with Crippen LogP contribution in [0, 0.1) is 0 Å². The molecule has 12 heavy (non-hydrogen) atoms. The fourth-order valence-corrected chi connectivity index (χ4v) is 0.776. The monoisotopic (exact) mass is 163 g/mol. The highest BCUT2D eigenvalue weighted by molar-refractivity contribution is 5.56. The smallest absolute Gasteiger partial charge is 0.0825 e. The first-order valence-electron chi connectivity index (χ1n) is 3.92. The maximum absolute atomic E-state index is 5.36. The van der Waals surface area contributed by atoms with E-state index in [0.29, 0.717) is 0 Å². The second-order valence-corrected chi connectivity index (χ2v) is 2.40. The summed E-state index contributed by atoms with van der Waals surface area (Å²) < 4.78 is 0.